The Morgan fingerprint density at radius 1 is 0.606 bits per heavy atom. The Bertz CT molecular complexity index is 722. The monoisotopic (exact) mass is 532 g/mol. The molecule has 0 spiro atoms. The van der Waals surface area contributed by atoms with Crippen LogP contribution in [0.15, 0.2) is 12.7 Å². The molecular formula is C14H9F17O2. The van der Waals surface area contributed by atoms with Crippen molar-refractivity contribution in [2.45, 2.75) is 60.5 Å². The third-order valence-corrected chi connectivity index (χ3v) is 3.75. The molecule has 0 aliphatic heterocycles. The summed E-state index contributed by atoms with van der Waals surface area (Å²) >= 11 is 0. The standard InChI is InChI=1S/C14H9F17O2/c1-2-6(32)33-4-3-7(15,16)10(22,23)12(26,27)14(30,31)13(28,29)11(24,25)8(17,18)5-9(19,20)21/h2H,1,3-5H2. The van der Waals surface area contributed by atoms with Gasteiger partial charge in [-0.1, -0.05) is 6.58 Å². The van der Waals surface area contributed by atoms with Crippen LogP contribution in [0.1, 0.15) is 12.8 Å². The van der Waals surface area contributed by atoms with Crippen molar-refractivity contribution in [2.75, 3.05) is 6.61 Å². The minimum atomic E-state index is -8.48. The minimum Gasteiger partial charge on any atom is -0.462 e. The van der Waals surface area contributed by atoms with Gasteiger partial charge in [0.25, 0.3) is 0 Å². The lowest BCUT2D eigenvalue weighted by molar-refractivity contribution is -0.444. The van der Waals surface area contributed by atoms with E-state index in [1.165, 1.54) is 0 Å². The number of ether oxygens (including phenoxy) is 1. The van der Waals surface area contributed by atoms with Crippen LogP contribution in [0.3, 0.4) is 0 Å². The Morgan fingerprint density at radius 2 is 0.939 bits per heavy atom. The highest BCUT2D eigenvalue weighted by atomic mass is 19.4. The van der Waals surface area contributed by atoms with E-state index in [1.807, 2.05) is 0 Å². The fourth-order valence-electron chi connectivity index (χ4n) is 1.91. The second kappa shape index (κ2) is 8.66. The van der Waals surface area contributed by atoms with Gasteiger partial charge in [-0.05, 0) is 0 Å². The average Bonchev–Trinajstić information content (AvgIpc) is 2.58. The first-order valence-electron chi connectivity index (χ1n) is 7.67. The molecule has 19 heteroatoms. The topological polar surface area (TPSA) is 26.3 Å². The SMILES string of the molecule is C=CC(=O)OCCC(F)(F)C(F)(F)C(F)(F)C(F)(F)C(F)(F)C(F)(F)C(F)(F)CC(F)(F)F. The van der Waals surface area contributed by atoms with Crippen LogP contribution in [-0.2, 0) is 9.53 Å². The molecule has 0 aliphatic carbocycles. The molecule has 0 fully saturated rings. The first kappa shape index (κ1) is 31.0. The molecule has 2 nitrogen and oxygen atoms in total. The van der Waals surface area contributed by atoms with E-state index in [1.54, 1.807) is 0 Å². The molecule has 0 saturated heterocycles. The van der Waals surface area contributed by atoms with E-state index in [0.717, 1.165) is 0 Å². The molecule has 0 saturated carbocycles. The second-order valence-corrected chi connectivity index (χ2v) is 6.19. The van der Waals surface area contributed by atoms with Gasteiger partial charge in [-0.2, -0.15) is 74.6 Å². The van der Waals surface area contributed by atoms with Gasteiger partial charge in [-0.3, -0.25) is 0 Å². The van der Waals surface area contributed by atoms with Crippen LogP contribution in [0, 0.1) is 0 Å². The predicted molar refractivity (Wildman–Crippen MR) is 71.1 cm³/mol. The molecule has 0 aromatic heterocycles. The Morgan fingerprint density at radius 3 is 1.27 bits per heavy atom. The fourth-order valence-corrected chi connectivity index (χ4v) is 1.91. The number of hydrogen-bond donors (Lipinski definition) is 0. The molecule has 196 valence electrons. The molecule has 33 heavy (non-hydrogen) atoms. The summed E-state index contributed by atoms with van der Waals surface area (Å²) in [5, 5.41) is 0. The van der Waals surface area contributed by atoms with Gasteiger partial charge in [0.1, 0.15) is 6.42 Å². The molecule has 0 aliphatic rings. The summed E-state index contributed by atoms with van der Waals surface area (Å²) in [4.78, 5) is 10.6. The lowest BCUT2D eigenvalue weighted by atomic mass is 9.88. The van der Waals surface area contributed by atoms with Crippen molar-refractivity contribution in [3.8, 4) is 0 Å². The van der Waals surface area contributed by atoms with Gasteiger partial charge in [0.05, 0.1) is 13.0 Å². The molecule has 0 radical (unpaired) electrons. The summed E-state index contributed by atoms with van der Waals surface area (Å²) in [7, 11) is 0. The van der Waals surface area contributed by atoms with Crippen molar-refractivity contribution in [2.24, 2.45) is 0 Å². The van der Waals surface area contributed by atoms with Crippen LogP contribution in [0.2, 0.25) is 0 Å². The van der Waals surface area contributed by atoms with Gasteiger partial charge in [0, 0.05) is 6.08 Å². The zero-order chi connectivity index (χ0) is 27.1. The van der Waals surface area contributed by atoms with Crippen LogP contribution < -0.4 is 0 Å². The van der Waals surface area contributed by atoms with Crippen LogP contribution in [0.4, 0.5) is 74.6 Å². The van der Waals surface area contributed by atoms with Gasteiger partial charge in [-0.15, -0.1) is 0 Å². The number of esters is 1. The number of hydrogen-bond acceptors (Lipinski definition) is 2. The van der Waals surface area contributed by atoms with Gasteiger partial charge in [-0.25, -0.2) is 4.79 Å². The van der Waals surface area contributed by atoms with Crippen molar-refractivity contribution in [3.63, 3.8) is 0 Å². The number of carbonyl (C=O) groups is 1. The maximum absolute atomic E-state index is 13.5. The third-order valence-electron chi connectivity index (χ3n) is 3.75. The predicted octanol–water partition coefficient (Wildman–Crippen LogP) is 6.51. The quantitative estimate of drug-likeness (QED) is 0.173. The van der Waals surface area contributed by atoms with E-state index in [4.69, 9.17) is 0 Å². The summed E-state index contributed by atoms with van der Waals surface area (Å²) < 4.78 is 226. The van der Waals surface area contributed by atoms with Crippen molar-refractivity contribution in [1.29, 1.82) is 0 Å². The molecule has 0 aromatic rings. The van der Waals surface area contributed by atoms with Crippen molar-refractivity contribution in [1.82, 2.24) is 0 Å². The first-order valence-corrected chi connectivity index (χ1v) is 7.67. The summed E-state index contributed by atoms with van der Waals surface area (Å²) in [5.41, 5.74) is 0. The minimum absolute atomic E-state index is 0.211. The van der Waals surface area contributed by atoms with Crippen LogP contribution in [0.5, 0.6) is 0 Å². The van der Waals surface area contributed by atoms with Crippen molar-refractivity contribution < 1.29 is 84.2 Å². The fraction of sp³-hybridized carbons (Fsp3) is 0.786. The highest BCUT2D eigenvalue weighted by molar-refractivity contribution is 5.81. The molecule has 0 unspecified atom stereocenters. The highest BCUT2D eigenvalue weighted by Gasteiger charge is 2.92. The molecule has 0 rings (SSSR count). The molecule has 0 atom stereocenters. The van der Waals surface area contributed by atoms with Gasteiger partial charge >= 0.3 is 53.6 Å². The zero-order valence-electron chi connectivity index (χ0n) is 15.1. The van der Waals surface area contributed by atoms with Crippen LogP contribution in [-0.4, -0.2) is 60.2 Å². The summed E-state index contributed by atoms with van der Waals surface area (Å²) in [5.74, 6) is -56.5. The van der Waals surface area contributed by atoms with E-state index in [-0.39, 0.29) is 6.08 Å². The van der Waals surface area contributed by atoms with Gasteiger partial charge < -0.3 is 4.74 Å². The Hall–Kier alpha value is -1.98. The number of rotatable bonds is 11. The van der Waals surface area contributed by atoms with Crippen molar-refractivity contribution in [3.05, 3.63) is 12.7 Å². The zero-order valence-corrected chi connectivity index (χ0v) is 15.1. The van der Waals surface area contributed by atoms with Crippen molar-refractivity contribution >= 4 is 5.97 Å². The van der Waals surface area contributed by atoms with E-state index < -0.39 is 73.1 Å². The molecule has 0 aromatic carbocycles. The maximum Gasteiger partial charge on any atom is 0.395 e. The number of halogens is 17. The molecule has 0 bridgehead atoms. The normalized spacial score (nSPS) is 15.4. The first-order chi connectivity index (χ1) is 14.2. The molecule has 0 heterocycles. The lowest BCUT2D eigenvalue weighted by Gasteiger charge is -2.42. The molecular weight excluding hydrogens is 523 g/mol. The van der Waals surface area contributed by atoms with Crippen LogP contribution in [0.25, 0.3) is 0 Å². The highest BCUT2D eigenvalue weighted by Crippen LogP contribution is 2.63. The Balaban J connectivity index is 6.35. The Kier molecular flexibility index (Phi) is 8.14. The number of carbonyl (C=O) groups excluding carboxylic acids is 1. The van der Waals surface area contributed by atoms with E-state index in [0.29, 0.717) is 0 Å². The molecule has 0 amide bonds. The van der Waals surface area contributed by atoms with Gasteiger partial charge in [0.2, 0.25) is 0 Å². The second-order valence-electron chi connectivity index (χ2n) is 6.19. The summed E-state index contributed by atoms with van der Waals surface area (Å²) in [6.45, 7) is 0.706. The van der Waals surface area contributed by atoms with Crippen LogP contribution >= 0.6 is 0 Å². The van der Waals surface area contributed by atoms with E-state index in [9.17, 15) is 79.4 Å². The maximum atomic E-state index is 13.5. The Labute approximate surface area is 171 Å². The number of alkyl halides is 17. The third kappa shape index (κ3) is 5.25. The van der Waals surface area contributed by atoms with E-state index >= 15 is 0 Å². The van der Waals surface area contributed by atoms with Gasteiger partial charge in [0.15, 0.2) is 0 Å². The lowest BCUT2D eigenvalue weighted by Crippen LogP contribution is -2.73. The summed E-state index contributed by atoms with van der Waals surface area (Å²) in [6.07, 6.45) is -13.4. The average molecular weight is 532 g/mol. The van der Waals surface area contributed by atoms with E-state index in [2.05, 4.69) is 11.3 Å². The smallest absolute Gasteiger partial charge is 0.395 e. The summed E-state index contributed by atoms with van der Waals surface area (Å²) in [6, 6.07) is 0. The largest absolute Gasteiger partial charge is 0.462 e. The molecule has 0 N–H and O–H groups in total.